The van der Waals surface area contributed by atoms with Gasteiger partial charge in [-0.05, 0) is 42.0 Å². The summed E-state index contributed by atoms with van der Waals surface area (Å²) in [7, 11) is 0. The van der Waals surface area contributed by atoms with E-state index in [2.05, 4.69) is 10.3 Å². The molecule has 0 radical (unpaired) electrons. The number of phenolic OH excluding ortho intramolecular Hbond substituents is 2. The Labute approximate surface area is 144 Å². The lowest BCUT2D eigenvalue weighted by atomic mass is 10.1. The topological polar surface area (TPSA) is 86.8 Å². The molecule has 2 aliphatic rings. The van der Waals surface area contributed by atoms with Crippen LogP contribution in [0.5, 0.6) is 11.5 Å². The van der Waals surface area contributed by atoms with Crippen LogP contribution < -0.4 is 10.3 Å². The van der Waals surface area contributed by atoms with E-state index < -0.39 is 0 Å². The second-order valence-corrected chi connectivity index (χ2v) is 6.19. The number of carbonyl (C=O) groups is 1. The minimum Gasteiger partial charge on any atom is -0.508 e. The van der Waals surface area contributed by atoms with Crippen LogP contribution in [0.3, 0.4) is 0 Å². The van der Waals surface area contributed by atoms with Crippen molar-refractivity contribution < 1.29 is 20.0 Å². The van der Waals surface area contributed by atoms with Crippen molar-refractivity contribution >= 4 is 11.6 Å². The van der Waals surface area contributed by atoms with E-state index in [1.165, 1.54) is 0 Å². The monoisotopic (exact) mass is 336 g/mol. The van der Waals surface area contributed by atoms with Crippen LogP contribution in [-0.2, 0) is 11.2 Å². The summed E-state index contributed by atoms with van der Waals surface area (Å²) in [5.41, 5.74) is 2.83. The third kappa shape index (κ3) is 2.94. The van der Waals surface area contributed by atoms with Crippen LogP contribution in [0.15, 0.2) is 60.6 Å². The van der Waals surface area contributed by atoms with Crippen LogP contribution in [0.2, 0.25) is 0 Å². The molecule has 6 heteroatoms. The molecule has 4 N–H and O–H groups in total. The first kappa shape index (κ1) is 15.3. The highest BCUT2D eigenvalue weighted by atomic mass is 16.3. The molecule has 2 aromatic carbocycles. The van der Waals surface area contributed by atoms with E-state index in [9.17, 15) is 15.0 Å². The number of rotatable bonds is 3. The van der Waals surface area contributed by atoms with Crippen molar-refractivity contribution in [1.82, 2.24) is 10.2 Å². The number of fused-ring (bicyclic) bond motifs is 1. The maximum absolute atomic E-state index is 12.7. The summed E-state index contributed by atoms with van der Waals surface area (Å²) in [4.78, 5) is 17.7. The average Bonchev–Trinajstić information content (AvgIpc) is 2.93. The fourth-order valence-electron chi connectivity index (χ4n) is 3.11. The molecule has 1 atom stereocenters. The third-order valence-corrected chi connectivity index (χ3v) is 4.47. The molecular weight excluding hydrogens is 318 g/mol. The van der Waals surface area contributed by atoms with Crippen molar-refractivity contribution in [3.8, 4) is 11.5 Å². The molecule has 2 aromatic rings. The number of amides is 1. The normalized spacial score (nSPS) is 19.1. The van der Waals surface area contributed by atoms with Gasteiger partial charge in [0.2, 0.25) is 11.9 Å². The molecule has 4 rings (SSSR count). The van der Waals surface area contributed by atoms with Crippen molar-refractivity contribution in [2.75, 3.05) is 6.54 Å². The van der Waals surface area contributed by atoms with Gasteiger partial charge in [0.1, 0.15) is 24.1 Å². The van der Waals surface area contributed by atoms with Gasteiger partial charge < -0.3 is 15.5 Å². The zero-order chi connectivity index (χ0) is 17.4. The Morgan fingerprint density at radius 1 is 1.04 bits per heavy atom. The molecule has 6 nitrogen and oxygen atoms in total. The Morgan fingerprint density at radius 2 is 1.68 bits per heavy atom. The zero-order valence-corrected chi connectivity index (χ0v) is 13.4. The summed E-state index contributed by atoms with van der Waals surface area (Å²) >= 11 is 0. The van der Waals surface area contributed by atoms with Gasteiger partial charge in [0.25, 0.3) is 5.91 Å². The zero-order valence-electron chi connectivity index (χ0n) is 13.4. The molecule has 1 amide bonds. The van der Waals surface area contributed by atoms with E-state index >= 15 is 0 Å². The van der Waals surface area contributed by atoms with Crippen molar-refractivity contribution in [2.45, 2.75) is 12.5 Å². The van der Waals surface area contributed by atoms with Gasteiger partial charge in [-0.15, -0.1) is 0 Å². The van der Waals surface area contributed by atoms with Gasteiger partial charge in [0, 0.05) is 12.0 Å². The first-order valence-electron chi connectivity index (χ1n) is 8.08. The van der Waals surface area contributed by atoms with E-state index in [1.54, 1.807) is 35.4 Å². The molecule has 2 aliphatic heterocycles. The predicted octanol–water partition coefficient (Wildman–Crippen LogP) is -0.177. The highest BCUT2D eigenvalue weighted by Crippen LogP contribution is 2.20. The van der Waals surface area contributed by atoms with Crippen molar-refractivity contribution in [3.63, 3.8) is 0 Å². The van der Waals surface area contributed by atoms with E-state index in [-0.39, 0.29) is 23.4 Å². The van der Waals surface area contributed by atoms with Crippen molar-refractivity contribution in [3.05, 3.63) is 71.7 Å². The molecule has 1 unspecified atom stereocenters. The van der Waals surface area contributed by atoms with Crippen LogP contribution >= 0.6 is 0 Å². The molecule has 0 saturated carbocycles. The summed E-state index contributed by atoms with van der Waals surface area (Å²) in [6, 6.07) is 13.5. The van der Waals surface area contributed by atoms with Crippen molar-refractivity contribution in [2.24, 2.45) is 0 Å². The average molecular weight is 336 g/mol. The second kappa shape index (κ2) is 5.98. The Morgan fingerprint density at radius 3 is 2.36 bits per heavy atom. The Kier molecular flexibility index (Phi) is 3.65. The fraction of sp³-hybridized carbons (Fsp3) is 0.158. The van der Waals surface area contributed by atoms with Gasteiger partial charge in [0.15, 0.2) is 5.82 Å². The van der Waals surface area contributed by atoms with E-state index in [0.29, 0.717) is 13.0 Å². The summed E-state index contributed by atoms with van der Waals surface area (Å²) in [6.07, 6.45) is 2.35. The first-order valence-corrected chi connectivity index (χ1v) is 8.08. The lowest BCUT2D eigenvalue weighted by molar-refractivity contribution is -0.379. The number of phenols is 2. The molecule has 0 spiro atoms. The Bertz CT molecular complexity index is 870. The van der Waals surface area contributed by atoms with Crippen LogP contribution in [0, 0.1) is 0 Å². The SMILES string of the molecule is O=C1C(Cc2ccc(O)cc2)NC2=C[NH+]=C(c3ccc(O)cc3)CN12. The molecule has 0 bridgehead atoms. The molecule has 2 heterocycles. The van der Waals surface area contributed by atoms with E-state index in [0.717, 1.165) is 22.7 Å². The molecule has 1 fully saturated rings. The fourth-order valence-corrected chi connectivity index (χ4v) is 3.11. The maximum atomic E-state index is 12.7. The van der Waals surface area contributed by atoms with Gasteiger partial charge in [-0.1, -0.05) is 12.1 Å². The van der Waals surface area contributed by atoms with Crippen LogP contribution in [-0.4, -0.2) is 39.3 Å². The smallest absolute Gasteiger partial charge is 0.251 e. The highest BCUT2D eigenvalue weighted by Gasteiger charge is 2.39. The summed E-state index contributed by atoms with van der Waals surface area (Å²) < 4.78 is 0. The van der Waals surface area contributed by atoms with Gasteiger partial charge in [-0.3, -0.25) is 9.69 Å². The lowest BCUT2D eigenvalue weighted by Gasteiger charge is -2.17. The number of aromatic hydroxyl groups is 2. The standard InChI is InChI=1S/C19H17N3O3/c23-14-5-1-12(2-6-14)9-16-19(25)22-11-17(20-10-18(22)21-16)13-3-7-15(24)8-4-13/h1-8,10,16,21,23-24H,9,11H2/p+1. The Hall–Kier alpha value is -3.28. The van der Waals surface area contributed by atoms with Gasteiger partial charge in [-0.2, -0.15) is 0 Å². The number of benzene rings is 2. The number of hydrogen-bond acceptors (Lipinski definition) is 4. The van der Waals surface area contributed by atoms with Gasteiger partial charge in [0.05, 0.1) is 0 Å². The van der Waals surface area contributed by atoms with E-state index in [4.69, 9.17) is 0 Å². The number of nitrogens with one attached hydrogen (secondary N) is 2. The Balaban J connectivity index is 1.50. The molecule has 0 aliphatic carbocycles. The van der Waals surface area contributed by atoms with Crippen LogP contribution in [0.1, 0.15) is 11.1 Å². The number of hydrogen-bond donors (Lipinski definition) is 4. The highest BCUT2D eigenvalue weighted by molar-refractivity contribution is 6.01. The van der Waals surface area contributed by atoms with E-state index in [1.807, 2.05) is 24.3 Å². The van der Waals surface area contributed by atoms with Crippen LogP contribution in [0.25, 0.3) is 0 Å². The largest absolute Gasteiger partial charge is 0.508 e. The predicted molar refractivity (Wildman–Crippen MR) is 91.7 cm³/mol. The second-order valence-electron chi connectivity index (χ2n) is 6.19. The summed E-state index contributed by atoms with van der Waals surface area (Å²) in [5.74, 6) is 1.21. The third-order valence-electron chi connectivity index (χ3n) is 4.47. The minimum absolute atomic E-state index is 0.0251. The quantitative estimate of drug-likeness (QED) is 0.626. The molecule has 1 saturated heterocycles. The van der Waals surface area contributed by atoms with Crippen molar-refractivity contribution in [1.29, 1.82) is 0 Å². The molecule has 25 heavy (non-hydrogen) atoms. The maximum Gasteiger partial charge on any atom is 0.251 e. The lowest BCUT2D eigenvalue weighted by Crippen LogP contribution is -2.72. The minimum atomic E-state index is -0.322. The summed E-state index contributed by atoms with van der Waals surface area (Å²) in [5, 5.41) is 22.0. The molecule has 126 valence electrons. The molecule has 0 aromatic heterocycles. The summed E-state index contributed by atoms with van der Waals surface area (Å²) in [6.45, 7) is 0.453. The van der Waals surface area contributed by atoms with Crippen LogP contribution in [0.4, 0.5) is 0 Å². The number of nitrogens with zero attached hydrogens (tertiary/aromatic N) is 1. The number of carbonyl (C=O) groups excluding carboxylic acids is 1. The van der Waals surface area contributed by atoms with Gasteiger partial charge in [-0.25, -0.2) is 4.99 Å². The molecular formula is C19H18N3O3+. The first-order chi connectivity index (χ1) is 12.1. The van der Waals surface area contributed by atoms with Gasteiger partial charge >= 0.3 is 0 Å².